The van der Waals surface area contributed by atoms with Crippen LogP contribution in [0, 0.1) is 23.7 Å². The standard InChI is InChI=1S/C72H140O17P2/c1-9-64(7)50-42-34-25-20-22-27-36-44-52-69(74)82-58-67(88-71(76)54-46-38-28-19-17-15-13-11-12-14-16-18-24-32-40-48-62(3)4)60-86-90(78,79)84-56-66(73)57-85-91(80,81)87-61-68(59-83-70(75)53-45-37-31-30-33-41-49-63(5)6)89-72(77)55-47-39-29-23-21-26-35-43-51-65(8)10-2/h62-68,73H,9-61H2,1-8H3,(H,78,79)(H,80,81)/t64?,65?,66-,67-,68-/m1/s1. The molecule has 0 radical (unpaired) electrons. The van der Waals surface area contributed by atoms with Crippen molar-refractivity contribution in [3.63, 3.8) is 0 Å². The van der Waals surface area contributed by atoms with Crippen LogP contribution in [0.2, 0.25) is 0 Å². The summed E-state index contributed by atoms with van der Waals surface area (Å²) >= 11 is 0. The normalized spacial score (nSPS) is 14.8. The van der Waals surface area contributed by atoms with Crippen molar-refractivity contribution < 1.29 is 80.2 Å². The zero-order valence-electron chi connectivity index (χ0n) is 59.5. The van der Waals surface area contributed by atoms with Crippen molar-refractivity contribution in [2.75, 3.05) is 39.6 Å². The average Bonchev–Trinajstić information content (AvgIpc) is 2.11. The molecule has 0 amide bonds. The lowest BCUT2D eigenvalue weighted by Gasteiger charge is -2.21. The van der Waals surface area contributed by atoms with E-state index in [9.17, 15) is 43.2 Å². The van der Waals surface area contributed by atoms with Crippen molar-refractivity contribution in [2.24, 2.45) is 23.7 Å². The summed E-state index contributed by atoms with van der Waals surface area (Å²) in [5, 5.41) is 10.6. The van der Waals surface area contributed by atoms with Crippen molar-refractivity contribution in [1.29, 1.82) is 0 Å². The predicted molar refractivity (Wildman–Crippen MR) is 367 cm³/mol. The van der Waals surface area contributed by atoms with E-state index in [4.69, 9.17) is 37.0 Å². The van der Waals surface area contributed by atoms with Crippen LogP contribution in [0.1, 0.15) is 357 Å². The maximum absolute atomic E-state index is 13.0. The third-order valence-electron chi connectivity index (χ3n) is 17.3. The van der Waals surface area contributed by atoms with Crippen molar-refractivity contribution in [2.45, 2.75) is 375 Å². The number of rotatable bonds is 69. The number of hydrogen-bond acceptors (Lipinski definition) is 15. The molecular formula is C72H140O17P2. The van der Waals surface area contributed by atoms with Crippen LogP contribution < -0.4 is 0 Å². The summed E-state index contributed by atoms with van der Waals surface area (Å²) in [4.78, 5) is 72.6. The van der Waals surface area contributed by atoms with E-state index in [-0.39, 0.29) is 25.7 Å². The van der Waals surface area contributed by atoms with Gasteiger partial charge in [-0.15, -0.1) is 0 Å². The number of aliphatic hydroxyl groups is 1. The molecule has 0 aliphatic carbocycles. The highest BCUT2D eigenvalue weighted by Crippen LogP contribution is 2.45. The number of phosphoric ester groups is 2. The number of phosphoric acid groups is 2. The SMILES string of the molecule is CCC(C)CCCCCCCCCCC(=O)OC[C@H](COP(=O)(O)OC[C@@H](O)COP(=O)(O)OC[C@@H](COC(=O)CCCCCCCCC(C)C)OC(=O)CCCCCCCCCCC(C)CC)OC(=O)CCCCCCCCCCCCCCCCCC(C)C. The molecule has 540 valence electrons. The predicted octanol–water partition coefficient (Wildman–Crippen LogP) is 20.5. The van der Waals surface area contributed by atoms with Crippen LogP contribution in [0.4, 0.5) is 0 Å². The fourth-order valence-corrected chi connectivity index (χ4v) is 12.4. The van der Waals surface area contributed by atoms with Gasteiger partial charge in [-0.25, -0.2) is 9.13 Å². The van der Waals surface area contributed by atoms with E-state index < -0.39 is 97.5 Å². The molecule has 0 aliphatic heterocycles. The molecule has 3 N–H and O–H groups in total. The zero-order chi connectivity index (χ0) is 67.5. The highest BCUT2D eigenvalue weighted by molar-refractivity contribution is 7.47. The van der Waals surface area contributed by atoms with E-state index in [1.165, 1.54) is 154 Å². The molecule has 91 heavy (non-hydrogen) atoms. The summed E-state index contributed by atoms with van der Waals surface area (Å²) in [6.45, 7) is 14.1. The second kappa shape index (κ2) is 61.6. The van der Waals surface area contributed by atoms with Gasteiger partial charge >= 0.3 is 39.5 Å². The van der Waals surface area contributed by atoms with Crippen molar-refractivity contribution in [3.8, 4) is 0 Å². The molecular weight excluding hydrogens is 1200 g/mol. The first-order valence-electron chi connectivity index (χ1n) is 37.3. The van der Waals surface area contributed by atoms with Gasteiger partial charge in [0, 0.05) is 25.7 Å². The van der Waals surface area contributed by atoms with Crippen molar-refractivity contribution in [3.05, 3.63) is 0 Å². The van der Waals surface area contributed by atoms with E-state index in [1.54, 1.807) is 0 Å². The molecule has 19 heteroatoms. The Balaban J connectivity index is 5.24. The third kappa shape index (κ3) is 63.9. The lowest BCUT2D eigenvalue weighted by Crippen LogP contribution is -2.30. The first kappa shape index (κ1) is 89.1. The number of aliphatic hydroxyl groups excluding tert-OH is 1. The number of unbranched alkanes of at least 4 members (excludes halogenated alkanes) is 33. The fourth-order valence-electron chi connectivity index (χ4n) is 10.8. The Morgan fingerprint density at radius 1 is 0.308 bits per heavy atom. The van der Waals surface area contributed by atoms with Crippen molar-refractivity contribution in [1.82, 2.24) is 0 Å². The molecule has 0 spiro atoms. The molecule has 7 atom stereocenters. The fraction of sp³-hybridized carbons (Fsp3) is 0.944. The van der Waals surface area contributed by atoms with E-state index >= 15 is 0 Å². The number of esters is 4. The van der Waals surface area contributed by atoms with Crippen LogP contribution in [-0.2, 0) is 65.4 Å². The summed E-state index contributed by atoms with van der Waals surface area (Å²) in [6.07, 6.45) is 44.5. The minimum Gasteiger partial charge on any atom is -0.462 e. The van der Waals surface area contributed by atoms with Gasteiger partial charge in [-0.1, -0.05) is 306 Å². The Hall–Kier alpha value is -1.94. The minimum atomic E-state index is -4.95. The van der Waals surface area contributed by atoms with Gasteiger partial charge < -0.3 is 33.8 Å². The van der Waals surface area contributed by atoms with E-state index in [2.05, 4.69) is 55.4 Å². The number of carbonyl (C=O) groups is 4. The topological polar surface area (TPSA) is 237 Å². The molecule has 0 aromatic rings. The van der Waals surface area contributed by atoms with Crippen LogP contribution in [0.3, 0.4) is 0 Å². The molecule has 0 aromatic heterocycles. The molecule has 4 unspecified atom stereocenters. The Morgan fingerprint density at radius 3 is 0.780 bits per heavy atom. The van der Waals surface area contributed by atoms with Crippen molar-refractivity contribution >= 4 is 39.5 Å². The van der Waals surface area contributed by atoms with Gasteiger partial charge in [-0.05, 0) is 49.4 Å². The van der Waals surface area contributed by atoms with Gasteiger partial charge in [0.05, 0.1) is 26.4 Å². The van der Waals surface area contributed by atoms with E-state index in [0.717, 1.165) is 114 Å². The molecule has 0 saturated heterocycles. The molecule has 0 heterocycles. The van der Waals surface area contributed by atoms with E-state index in [1.807, 2.05) is 0 Å². The summed E-state index contributed by atoms with van der Waals surface area (Å²) in [7, 11) is -9.91. The Kier molecular flexibility index (Phi) is 60.3. The highest BCUT2D eigenvalue weighted by atomic mass is 31.2. The first-order chi connectivity index (χ1) is 43.7. The lowest BCUT2D eigenvalue weighted by atomic mass is 9.99. The Bertz CT molecular complexity index is 1800. The molecule has 0 saturated carbocycles. The Morgan fingerprint density at radius 2 is 0.527 bits per heavy atom. The number of ether oxygens (including phenoxy) is 4. The molecule has 0 aliphatic rings. The molecule has 17 nitrogen and oxygen atoms in total. The molecule has 0 fully saturated rings. The number of carbonyl (C=O) groups excluding carboxylic acids is 4. The minimum absolute atomic E-state index is 0.103. The van der Waals surface area contributed by atoms with Crippen LogP contribution in [0.5, 0.6) is 0 Å². The highest BCUT2D eigenvalue weighted by Gasteiger charge is 2.30. The molecule has 0 bridgehead atoms. The van der Waals surface area contributed by atoms with Crippen LogP contribution in [-0.4, -0.2) is 96.7 Å². The van der Waals surface area contributed by atoms with Gasteiger partial charge in [0.25, 0.3) is 0 Å². The monoisotopic (exact) mass is 1340 g/mol. The van der Waals surface area contributed by atoms with Gasteiger partial charge in [0.2, 0.25) is 0 Å². The second-order valence-corrected chi connectivity index (χ2v) is 30.3. The van der Waals surface area contributed by atoms with Crippen LogP contribution >= 0.6 is 15.6 Å². The lowest BCUT2D eigenvalue weighted by molar-refractivity contribution is -0.161. The Labute approximate surface area is 556 Å². The van der Waals surface area contributed by atoms with Crippen LogP contribution in [0.25, 0.3) is 0 Å². The number of hydrogen-bond donors (Lipinski definition) is 3. The van der Waals surface area contributed by atoms with Gasteiger partial charge in [0.1, 0.15) is 19.3 Å². The van der Waals surface area contributed by atoms with Gasteiger partial charge in [-0.2, -0.15) is 0 Å². The smallest absolute Gasteiger partial charge is 0.462 e. The summed E-state index contributed by atoms with van der Waals surface area (Å²) in [5.74, 6) is 0.899. The van der Waals surface area contributed by atoms with E-state index in [0.29, 0.717) is 31.6 Å². The largest absolute Gasteiger partial charge is 0.472 e. The van der Waals surface area contributed by atoms with Gasteiger partial charge in [0.15, 0.2) is 12.2 Å². The van der Waals surface area contributed by atoms with Gasteiger partial charge in [-0.3, -0.25) is 37.3 Å². The molecule has 0 rings (SSSR count). The molecule has 0 aromatic carbocycles. The quantitative estimate of drug-likeness (QED) is 0.0222. The maximum atomic E-state index is 13.0. The third-order valence-corrected chi connectivity index (χ3v) is 19.2. The summed E-state index contributed by atoms with van der Waals surface area (Å²) in [5.41, 5.74) is 0. The summed E-state index contributed by atoms with van der Waals surface area (Å²) in [6, 6.07) is 0. The van der Waals surface area contributed by atoms with Crippen LogP contribution in [0.15, 0.2) is 0 Å². The second-order valence-electron chi connectivity index (χ2n) is 27.4. The zero-order valence-corrected chi connectivity index (χ0v) is 61.3. The first-order valence-corrected chi connectivity index (χ1v) is 40.3. The summed E-state index contributed by atoms with van der Waals surface area (Å²) < 4.78 is 68.3. The average molecular weight is 1340 g/mol. The maximum Gasteiger partial charge on any atom is 0.472 e.